The Morgan fingerprint density at radius 3 is 2.25 bits per heavy atom. The summed E-state index contributed by atoms with van der Waals surface area (Å²) >= 11 is 0. The molecule has 0 bridgehead atoms. The topological polar surface area (TPSA) is 49.7 Å². The van der Waals surface area contributed by atoms with Crippen molar-refractivity contribution in [2.24, 2.45) is 11.8 Å². The molecule has 0 spiro atoms. The van der Waals surface area contributed by atoms with Crippen LogP contribution in [0.1, 0.15) is 48.9 Å². The summed E-state index contributed by atoms with van der Waals surface area (Å²) in [7, 11) is 1.71. The third-order valence-corrected chi connectivity index (χ3v) is 6.94. The molecule has 3 heteroatoms. The highest BCUT2D eigenvalue weighted by Crippen LogP contribution is 2.46. The van der Waals surface area contributed by atoms with Gasteiger partial charge in [-0.05, 0) is 63.1 Å². The Morgan fingerprint density at radius 2 is 1.62 bits per heavy atom. The number of ether oxygens (including phenoxy) is 1. The van der Waals surface area contributed by atoms with E-state index in [1.807, 2.05) is 12.1 Å². The van der Waals surface area contributed by atoms with Gasteiger partial charge in [-0.25, -0.2) is 0 Å². The maximum absolute atomic E-state index is 10.4. The van der Waals surface area contributed by atoms with Crippen molar-refractivity contribution in [2.75, 3.05) is 20.3 Å². The molecule has 3 aromatic rings. The van der Waals surface area contributed by atoms with E-state index in [2.05, 4.69) is 75.4 Å². The molecule has 0 amide bonds. The molecular formula is C29H34O3. The van der Waals surface area contributed by atoms with E-state index in [9.17, 15) is 10.2 Å². The maximum Gasteiger partial charge on any atom is 0.122 e. The number of hydrogen-bond acceptors (Lipinski definition) is 3. The molecule has 3 atom stereocenters. The van der Waals surface area contributed by atoms with Crippen molar-refractivity contribution in [1.29, 1.82) is 0 Å². The highest BCUT2D eigenvalue weighted by atomic mass is 16.5. The van der Waals surface area contributed by atoms with Crippen LogP contribution >= 0.6 is 0 Å². The first-order valence-electron chi connectivity index (χ1n) is 11.5. The Bertz CT molecular complexity index is 1070. The van der Waals surface area contributed by atoms with Crippen LogP contribution in [0.2, 0.25) is 0 Å². The van der Waals surface area contributed by atoms with Crippen molar-refractivity contribution in [3.05, 3.63) is 89.0 Å². The molecule has 3 aromatic carbocycles. The van der Waals surface area contributed by atoms with E-state index < -0.39 is 0 Å². The Kier molecular flexibility index (Phi) is 6.41. The van der Waals surface area contributed by atoms with E-state index in [0.29, 0.717) is 0 Å². The van der Waals surface area contributed by atoms with Crippen LogP contribution in [0.4, 0.5) is 0 Å². The number of fused-ring (bicyclic) bond motifs is 1. The van der Waals surface area contributed by atoms with Gasteiger partial charge in [0.15, 0.2) is 0 Å². The molecule has 1 aliphatic carbocycles. The summed E-state index contributed by atoms with van der Waals surface area (Å²) in [4.78, 5) is 0. The molecule has 1 aliphatic rings. The molecule has 168 valence electrons. The van der Waals surface area contributed by atoms with Crippen molar-refractivity contribution in [3.8, 4) is 16.9 Å². The second-order valence-electron chi connectivity index (χ2n) is 9.96. The van der Waals surface area contributed by atoms with Gasteiger partial charge in [-0.15, -0.1) is 0 Å². The fourth-order valence-electron chi connectivity index (χ4n) is 5.20. The Morgan fingerprint density at radius 1 is 0.875 bits per heavy atom. The average molecular weight is 431 g/mol. The molecule has 0 heterocycles. The molecule has 2 unspecified atom stereocenters. The molecule has 3 nitrogen and oxygen atoms in total. The van der Waals surface area contributed by atoms with Crippen molar-refractivity contribution < 1.29 is 14.9 Å². The van der Waals surface area contributed by atoms with Crippen LogP contribution in [0.15, 0.2) is 66.7 Å². The van der Waals surface area contributed by atoms with Gasteiger partial charge in [0.2, 0.25) is 0 Å². The first kappa shape index (κ1) is 22.6. The lowest BCUT2D eigenvalue weighted by Gasteiger charge is -2.39. The lowest BCUT2D eigenvalue weighted by atomic mass is 9.66. The van der Waals surface area contributed by atoms with Gasteiger partial charge in [-0.3, -0.25) is 0 Å². The summed E-state index contributed by atoms with van der Waals surface area (Å²) in [5.74, 6) is 0.881. The minimum Gasteiger partial charge on any atom is -0.496 e. The van der Waals surface area contributed by atoms with Gasteiger partial charge in [-0.2, -0.15) is 0 Å². The lowest BCUT2D eigenvalue weighted by Crippen LogP contribution is -2.35. The SMILES string of the molecule is COc1ccc(C2c3cc(-c4ccccc4)ccc3C[C@H](CO)C2CO)cc1C(C)(C)C. The summed E-state index contributed by atoms with van der Waals surface area (Å²) in [6.07, 6.45) is 0.783. The van der Waals surface area contributed by atoms with Crippen LogP contribution in [0.25, 0.3) is 11.1 Å². The fourth-order valence-corrected chi connectivity index (χ4v) is 5.20. The third kappa shape index (κ3) is 4.20. The number of methoxy groups -OCH3 is 1. The molecule has 0 aromatic heterocycles. The van der Waals surface area contributed by atoms with Gasteiger partial charge in [0.1, 0.15) is 5.75 Å². The average Bonchev–Trinajstić information content (AvgIpc) is 2.82. The summed E-state index contributed by atoms with van der Waals surface area (Å²) in [5, 5.41) is 20.6. The van der Waals surface area contributed by atoms with Gasteiger partial charge in [0, 0.05) is 19.1 Å². The highest BCUT2D eigenvalue weighted by molar-refractivity contribution is 5.66. The Balaban J connectivity index is 1.90. The molecule has 32 heavy (non-hydrogen) atoms. The van der Waals surface area contributed by atoms with Crippen LogP contribution in [0, 0.1) is 11.8 Å². The van der Waals surface area contributed by atoms with E-state index in [4.69, 9.17) is 4.74 Å². The highest BCUT2D eigenvalue weighted by Gasteiger charge is 2.37. The predicted octanol–water partition coefficient (Wildman–Crippen LogP) is 5.56. The summed E-state index contributed by atoms with van der Waals surface area (Å²) in [6, 6.07) is 23.5. The molecule has 4 rings (SSSR count). The second-order valence-corrected chi connectivity index (χ2v) is 9.96. The molecule has 2 N–H and O–H groups in total. The Hall–Kier alpha value is -2.62. The number of rotatable bonds is 5. The minimum atomic E-state index is -0.0736. The molecule has 0 aliphatic heterocycles. The largest absolute Gasteiger partial charge is 0.496 e. The fraction of sp³-hybridized carbons (Fsp3) is 0.379. The zero-order valence-corrected chi connectivity index (χ0v) is 19.5. The van der Waals surface area contributed by atoms with Gasteiger partial charge < -0.3 is 14.9 Å². The van der Waals surface area contributed by atoms with E-state index in [1.54, 1.807) is 7.11 Å². The van der Waals surface area contributed by atoms with E-state index in [0.717, 1.165) is 17.7 Å². The molecule has 0 saturated heterocycles. The van der Waals surface area contributed by atoms with Crippen LogP contribution < -0.4 is 4.74 Å². The smallest absolute Gasteiger partial charge is 0.122 e. The summed E-state index contributed by atoms with van der Waals surface area (Å²) in [6.45, 7) is 6.69. The molecule has 0 fully saturated rings. The van der Waals surface area contributed by atoms with E-state index in [-0.39, 0.29) is 36.4 Å². The van der Waals surface area contributed by atoms with Crippen molar-refractivity contribution in [2.45, 2.75) is 38.5 Å². The van der Waals surface area contributed by atoms with Crippen LogP contribution in [-0.2, 0) is 11.8 Å². The zero-order valence-electron chi connectivity index (χ0n) is 19.5. The second kappa shape index (κ2) is 9.09. The van der Waals surface area contributed by atoms with Crippen molar-refractivity contribution in [3.63, 3.8) is 0 Å². The van der Waals surface area contributed by atoms with Crippen LogP contribution in [-0.4, -0.2) is 30.5 Å². The maximum atomic E-state index is 10.4. The van der Waals surface area contributed by atoms with Crippen molar-refractivity contribution >= 4 is 0 Å². The van der Waals surface area contributed by atoms with Crippen LogP contribution in [0.3, 0.4) is 0 Å². The predicted molar refractivity (Wildman–Crippen MR) is 130 cm³/mol. The van der Waals surface area contributed by atoms with Crippen LogP contribution in [0.5, 0.6) is 5.75 Å². The number of aliphatic hydroxyl groups is 2. The molecule has 0 saturated carbocycles. The number of aliphatic hydroxyl groups excluding tert-OH is 2. The monoisotopic (exact) mass is 430 g/mol. The van der Waals surface area contributed by atoms with Gasteiger partial charge in [0.25, 0.3) is 0 Å². The normalized spacial score (nSPS) is 20.6. The first-order chi connectivity index (χ1) is 15.4. The molecule has 0 radical (unpaired) electrons. The first-order valence-corrected chi connectivity index (χ1v) is 11.5. The van der Waals surface area contributed by atoms with E-state index >= 15 is 0 Å². The third-order valence-electron chi connectivity index (χ3n) is 6.94. The standard InChI is InChI=1S/C29H34O3/c1-29(2,3)26-16-22(12-13-27(26)32-4)28-24-15-20(19-8-6-5-7-9-19)10-11-21(24)14-23(17-30)25(28)18-31/h5-13,15-16,23,25,28,30-31H,14,17-18H2,1-4H3/t23-,25?,28?/m1/s1. The van der Waals surface area contributed by atoms with Gasteiger partial charge >= 0.3 is 0 Å². The minimum absolute atomic E-state index is 0.0107. The van der Waals surface area contributed by atoms with Gasteiger partial charge in [-0.1, -0.05) is 81.4 Å². The summed E-state index contributed by atoms with van der Waals surface area (Å²) in [5.41, 5.74) is 7.12. The lowest BCUT2D eigenvalue weighted by molar-refractivity contribution is 0.101. The quantitative estimate of drug-likeness (QED) is 0.557. The molecular weight excluding hydrogens is 396 g/mol. The van der Waals surface area contributed by atoms with Gasteiger partial charge in [0.05, 0.1) is 7.11 Å². The zero-order chi connectivity index (χ0) is 22.9. The van der Waals surface area contributed by atoms with Crippen molar-refractivity contribution in [1.82, 2.24) is 0 Å². The number of hydrogen-bond donors (Lipinski definition) is 2. The Labute approximate surface area is 191 Å². The van der Waals surface area contributed by atoms with E-state index in [1.165, 1.54) is 27.8 Å². The summed E-state index contributed by atoms with van der Waals surface area (Å²) < 4.78 is 5.67. The number of benzene rings is 3.